The van der Waals surface area contributed by atoms with Crippen molar-refractivity contribution >= 4 is 29.1 Å². The van der Waals surface area contributed by atoms with Crippen LogP contribution in [0, 0.1) is 0 Å². The van der Waals surface area contributed by atoms with E-state index in [-0.39, 0.29) is 11.9 Å². The normalized spacial score (nSPS) is 18.6. The van der Waals surface area contributed by atoms with Crippen LogP contribution in [0.1, 0.15) is 38.5 Å². The van der Waals surface area contributed by atoms with E-state index in [1.807, 2.05) is 6.07 Å². The zero-order valence-corrected chi connectivity index (χ0v) is 18.3. The average Bonchev–Trinajstić information content (AvgIpc) is 3.09. The molecule has 2 aliphatic heterocycles. The number of nitrogens with two attached hydrogens (primary N) is 2. The summed E-state index contributed by atoms with van der Waals surface area (Å²) in [6.45, 7) is 3.78. The maximum atomic E-state index is 12.8. The number of rotatable bonds is 4. The van der Waals surface area contributed by atoms with Crippen LogP contribution < -0.4 is 16.2 Å². The summed E-state index contributed by atoms with van der Waals surface area (Å²) in [5, 5.41) is 8.35. The highest BCUT2D eigenvalue weighted by Crippen LogP contribution is 2.31. The van der Waals surface area contributed by atoms with Gasteiger partial charge in [0.1, 0.15) is 17.2 Å². The van der Waals surface area contributed by atoms with Gasteiger partial charge in [-0.1, -0.05) is 25.0 Å². The highest BCUT2D eigenvalue weighted by molar-refractivity contribution is 5.73. The number of benzene rings is 1. The second-order valence-corrected chi connectivity index (χ2v) is 8.34. The van der Waals surface area contributed by atoms with Crippen LogP contribution >= 0.6 is 0 Å². The van der Waals surface area contributed by atoms with Crippen LogP contribution in [0.3, 0.4) is 0 Å². The van der Waals surface area contributed by atoms with Gasteiger partial charge in [-0.3, -0.25) is 0 Å². The Balaban J connectivity index is 1.36. The first-order valence-corrected chi connectivity index (χ1v) is 11.3. The van der Waals surface area contributed by atoms with Crippen LogP contribution in [0.2, 0.25) is 0 Å². The number of azo groups is 1. The number of aromatic nitrogens is 1. The Labute approximate surface area is 188 Å². The van der Waals surface area contributed by atoms with Crippen molar-refractivity contribution in [2.75, 3.05) is 37.6 Å². The van der Waals surface area contributed by atoms with Gasteiger partial charge in [-0.05, 0) is 63.0 Å². The zero-order valence-electron chi connectivity index (χ0n) is 18.3. The molecule has 0 bridgehead atoms. The molecule has 1 aromatic heterocycles. The van der Waals surface area contributed by atoms with Gasteiger partial charge < -0.3 is 26.0 Å². The summed E-state index contributed by atoms with van der Waals surface area (Å²) in [5.74, 6) is 0.865. The van der Waals surface area contributed by atoms with Crippen LogP contribution in [0.15, 0.2) is 46.6 Å². The highest BCUT2D eigenvalue weighted by atomic mass is 16.6. The van der Waals surface area contributed by atoms with Crippen LogP contribution in [-0.2, 0) is 0 Å². The molecule has 2 aromatic rings. The van der Waals surface area contributed by atoms with Crippen LogP contribution in [-0.4, -0.2) is 53.1 Å². The minimum absolute atomic E-state index is 0.190. The van der Waals surface area contributed by atoms with Gasteiger partial charge in [0.15, 0.2) is 11.6 Å². The molecule has 9 heteroatoms. The fraction of sp³-hybridized carbons (Fsp3) is 0.478. The topological polar surface area (TPSA) is 122 Å². The molecule has 9 nitrogen and oxygen atoms in total. The van der Waals surface area contributed by atoms with Gasteiger partial charge in [0, 0.05) is 19.1 Å². The molecule has 0 saturated carbocycles. The summed E-state index contributed by atoms with van der Waals surface area (Å²) < 4.78 is 5.68. The Bertz CT molecular complexity index is 949. The number of piperidine rings is 1. The number of carbonyl (C=O) groups is 1. The number of anilines is 2. The number of para-hydroxylation sites is 1. The molecular formula is C23H31N7O2. The summed E-state index contributed by atoms with van der Waals surface area (Å²) in [4.78, 5) is 21.2. The lowest BCUT2D eigenvalue weighted by Gasteiger charge is -2.37. The summed E-state index contributed by atoms with van der Waals surface area (Å²) >= 11 is 0. The number of likely N-dealkylation sites (tertiary alicyclic amines) is 2. The third-order valence-electron chi connectivity index (χ3n) is 6.13. The number of hydrogen-bond donors (Lipinski definition) is 2. The van der Waals surface area contributed by atoms with Gasteiger partial charge in [0.2, 0.25) is 0 Å². The first-order chi connectivity index (χ1) is 15.6. The monoisotopic (exact) mass is 437 g/mol. The summed E-state index contributed by atoms with van der Waals surface area (Å²) in [6, 6.07) is 10.9. The fourth-order valence-electron chi connectivity index (χ4n) is 4.33. The first-order valence-electron chi connectivity index (χ1n) is 11.3. The van der Waals surface area contributed by atoms with Gasteiger partial charge in [0.25, 0.3) is 0 Å². The zero-order chi connectivity index (χ0) is 22.3. The average molecular weight is 438 g/mol. The molecule has 0 unspecified atom stereocenters. The maximum absolute atomic E-state index is 12.8. The minimum Gasteiger partial charge on any atom is -0.408 e. The molecular weight excluding hydrogens is 406 g/mol. The molecule has 2 fully saturated rings. The molecule has 4 N–H and O–H groups in total. The van der Waals surface area contributed by atoms with E-state index in [0.717, 1.165) is 12.8 Å². The molecule has 3 heterocycles. The van der Waals surface area contributed by atoms with E-state index in [1.54, 1.807) is 35.2 Å². The number of amides is 1. The van der Waals surface area contributed by atoms with Crippen molar-refractivity contribution in [1.29, 1.82) is 0 Å². The molecule has 0 spiro atoms. The van der Waals surface area contributed by atoms with Crippen molar-refractivity contribution in [2.24, 2.45) is 10.2 Å². The largest absolute Gasteiger partial charge is 0.415 e. The van der Waals surface area contributed by atoms with Crippen molar-refractivity contribution in [1.82, 2.24) is 14.8 Å². The summed E-state index contributed by atoms with van der Waals surface area (Å²) in [5.41, 5.74) is 12.3. The Morgan fingerprint density at radius 2 is 1.59 bits per heavy atom. The number of hydrogen-bond acceptors (Lipinski definition) is 8. The third kappa shape index (κ3) is 5.53. The minimum atomic E-state index is -0.351. The lowest BCUT2D eigenvalue weighted by atomic mass is 10.0. The molecule has 0 radical (unpaired) electrons. The molecule has 2 aliphatic rings. The number of pyridine rings is 1. The van der Waals surface area contributed by atoms with Crippen molar-refractivity contribution in [2.45, 2.75) is 44.6 Å². The van der Waals surface area contributed by atoms with E-state index in [4.69, 9.17) is 16.2 Å². The van der Waals surface area contributed by atoms with Gasteiger partial charge in [-0.2, -0.15) is 0 Å². The first kappa shape index (κ1) is 22.0. The molecule has 0 atom stereocenters. The second-order valence-electron chi connectivity index (χ2n) is 8.34. The molecule has 0 aliphatic carbocycles. The lowest BCUT2D eigenvalue weighted by Crippen LogP contribution is -2.47. The summed E-state index contributed by atoms with van der Waals surface area (Å²) in [6.07, 6.45) is 6.85. The Kier molecular flexibility index (Phi) is 7.16. The standard InChI is InChI=1S/C23H31N7O2/c24-21-10-9-19(22(25)26-21)28-27-18-7-3-4-8-20(18)32-23(31)30-15-11-17(12-16-30)29-13-5-1-2-6-14-29/h3-4,7-10,17H,1-2,5-6,11-16H2,(H4,24,25,26). The predicted octanol–water partition coefficient (Wildman–Crippen LogP) is 4.50. The molecule has 170 valence electrons. The van der Waals surface area contributed by atoms with Gasteiger partial charge in [-0.15, -0.1) is 10.2 Å². The van der Waals surface area contributed by atoms with E-state index in [2.05, 4.69) is 20.1 Å². The number of nitrogens with zero attached hydrogens (tertiary/aromatic N) is 5. The van der Waals surface area contributed by atoms with Gasteiger partial charge in [-0.25, -0.2) is 9.78 Å². The van der Waals surface area contributed by atoms with Gasteiger partial charge in [0.05, 0.1) is 0 Å². The second kappa shape index (κ2) is 10.4. The molecule has 4 rings (SSSR count). The Hall–Kier alpha value is -3.20. The SMILES string of the molecule is Nc1ccc(N=Nc2ccccc2OC(=O)N2CCC(N3CCCCCC3)CC2)c(N)n1. The number of ether oxygens (including phenoxy) is 1. The van der Waals surface area contributed by atoms with E-state index in [0.29, 0.717) is 42.1 Å². The van der Waals surface area contributed by atoms with Gasteiger partial charge >= 0.3 is 6.09 Å². The van der Waals surface area contributed by atoms with E-state index in [9.17, 15) is 4.79 Å². The quantitative estimate of drug-likeness (QED) is 0.679. The summed E-state index contributed by atoms with van der Waals surface area (Å²) in [7, 11) is 0. The fourth-order valence-corrected chi connectivity index (χ4v) is 4.33. The Morgan fingerprint density at radius 3 is 2.31 bits per heavy atom. The number of carbonyl (C=O) groups excluding carboxylic acids is 1. The van der Waals surface area contributed by atoms with Crippen LogP contribution in [0.5, 0.6) is 5.75 Å². The third-order valence-corrected chi connectivity index (χ3v) is 6.13. The maximum Gasteiger partial charge on any atom is 0.415 e. The lowest BCUT2D eigenvalue weighted by molar-refractivity contribution is 0.100. The van der Waals surface area contributed by atoms with Crippen LogP contribution in [0.25, 0.3) is 0 Å². The molecule has 1 amide bonds. The molecule has 2 saturated heterocycles. The Morgan fingerprint density at radius 1 is 0.906 bits per heavy atom. The van der Waals surface area contributed by atoms with E-state index >= 15 is 0 Å². The predicted molar refractivity (Wildman–Crippen MR) is 124 cm³/mol. The van der Waals surface area contributed by atoms with Crippen molar-refractivity contribution in [3.63, 3.8) is 0 Å². The smallest absolute Gasteiger partial charge is 0.408 e. The van der Waals surface area contributed by atoms with Crippen molar-refractivity contribution < 1.29 is 9.53 Å². The molecule has 1 aromatic carbocycles. The van der Waals surface area contributed by atoms with Crippen LogP contribution in [0.4, 0.5) is 27.8 Å². The van der Waals surface area contributed by atoms with Crippen molar-refractivity contribution in [3.05, 3.63) is 36.4 Å². The highest BCUT2D eigenvalue weighted by Gasteiger charge is 2.28. The van der Waals surface area contributed by atoms with E-state index in [1.165, 1.54) is 38.8 Å². The van der Waals surface area contributed by atoms with Crippen molar-refractivity contribution in [3.8, 4) is 5.75 Å². The number of nitrogen functional groups attached to an aromatic ring is 2. The molecule has 32 heavy (non-hydrogen) atoms. The van der Waals surface area contributed by atoms with E-state index < -0.39 is 0 Å².